The molecule has 0 amide bonds. The molecule has 2 atom stereocenters. The third-order valence-corrected chi connectivity index (χ3v) is 8.84. The minimum atomic E-state index is -0.744. The molecule has 1 saturated carbocycles. The van der Waals surface area contributed by atoms with Crippen LogP contribution in [0.25, 0.3) is 0 Å². The van der Waals surface area contributed by atoms with Crippen molar-refractivity contribution < 1.29 is 4.74 Å². The van der Waals surface area contributed by atoms with E-state index in [1.165, 1.54) is 16.3 Å². The van der Waals surface area contributed by atoms with Crippen LogP contribution in [0.4, 0.5) is 0 Å². The molecule has 0 aromatic heterocycles. The number of hydrogen-bond donors (Lipinski definition) is 0. The summed E-state index contributed by atoms with van der Waals surface area (Å²) in [5, 5.41) is 2.64. The summed E-state index contributed by atoms with van der Waals surface area (Å²) in [5.41, 5.74) is 3.58. The van der Waals surface area contributed by atoms with Crippen LogP contribution >= 0.6 is 7.92 Å². The first kappa shape index (κ1) is 22.3. The first-order chi connectivity index (χ1) is 17.4. The fourth-order valence-electron chi connectivity index (χ4n) is 4.70. The van der Waals surface area contributed by atoms with Gasteiger partial charge in [-0.1, -0.05) is 121 Å². The number of aliphatic imine (C=N–C) groups is 1. The molecule has 2 aliphatic rings. The van der Waals surface area contributed by atoms with Crippen molar-refractivity contribution in [2.75, 3.05) is 0 Å². The molecule has 1 fully saturated rings. The van der Waals surface area contributed by atoms with E-state index in [4.69, 9.17) is 9.73 Å². The maximum Gasteiger partial charge on any atom is 0.193 e. The lowest BCUT2D eigenvalue weighted by atomic mass is 9.97. The first-order valence-corrected chi connectivity index (χ1v) is 13.2. The second-order valence-corrected chi connectivity index (χ2v) is 10.8. The lowest BCUT2D eigenvalue weighted by Crippen LogP contribution is -2.23. The van der Waals surface area contributed by atoms with Gasteiger partial charge in [0.2, 0.25) is 0 Å². The van der Waals surface area contributed by atoms with Crippen molar-refractivity contribution in [3.63, 3.8) is 0 Å². The molecule has 2 nitrogen and oxygen atoms in total. The van der Waals surface area contributed by atoms with Gasteiger partial charge in [-0.25, -0.2) is 4.99 Å². The summed E-state index contributed by atoms with van der Waals surface area (Å²) in [6.07, 6.45) is 6.37. The Morgan fingerprint density at radius 2 is 1.09 bits per heavy atom. The molecule has 0 bridgehead atoms. The third kappa shape index (κ3) is 4.56. The van der Waals surface area contributed by atoms with Crippen molar-refractivity contribution >= 4 is 24.4 Å². The van der Waals surface area contributed by atoms with E-state index in [1.54, 1.807) is 0 Å². The summed E-state index contributed by atoms with van der Waals surface area (Å²) in [6, 6.07) is 42.4. The van der Waals surface area contributed by atoms with Crippen LogP contribution in [0.3, 0.4) is 0 Å². The fraction of sp³-hybridized carbons (Fsp3) is 0.0625. The number of rotatable bonds is 6. The molecule has 169 valence electrons. The van der Waals surface area contributed by atoms with Crippen LogP contribution in [0.5, 0.6) is 0 Å². The molecular formula is C32H25NOP. The van der Waals surface area contributed by atoms with Crippen LogP contribution in [-0.4, -0.2) is 5.90 Å². The average molecular weight is 471 g/mol. The Morgan fingerprint density at radius 3 is 1.66 bits per heavy atom. The highest BCUT2D eigenvalue weighted by Crippen LogP contribution is 2.58. The topological polar surface area (TPSA) is 21.6 Å². The quantitative estimate of drug-likeness (QED) is 0.285. The van der Waals surface area contributed by atoms with E-state index in [0.29, 0.717) is 0 Å². The highest BCUT2D eigenvalue weighted by molar-refractivity contribution is 7.76. The summed E-state index contributed by atoms with van der Waals surface area (Å²) in [5.74, 6) is 1.82. The second-order valence-electron chi connectivity index (χ2n) is 8.57. The Kier molecular flexibility index (Phi) is 6.47. The highest BCUT2D eigenvalue weighted by atomic mass is 31.1. The molecule has 0 N–H and O–H groups in total. The van der Waals surface area contributed by atoms with E-state index in [0.717, 1.165) is 22.9 Å². The third-order valence-electron chi connectivity index (χ3n) is 6.34. The Morgan fingerprint density at radius 1 is 0.571 bits per heavy atom. The summed E-state index contributed by atoms with van der Waals surface area (Å²) >= 11 is 0. The van der Waals surface area contributed by atoms with Gasteiger partial charge in [-0.2, -0.15) is 0 Å². The zero-order chi connectivity index (χ0) is 23.5. The normalized spacial score (nSPS) is 20.7. The molecule has 0 saturated heterocycles. The van der Waals surface area contributed by atoms with Crippen molar-refractivity contribution in [1.82, 2.24) is 0 Å². The zero-order valence-corrected chi connectivity index (χ0v) is 20.1. The number of ether oxygens (including phenoxy) is 1. The van der Waals surface area contributed by atoms with Crippen LogP contribution < -0.4 is 10.6 Å². The van der Waals surface area contributed by atoms with Crippen LogP contribution in [0.15, 0.2) is 126 Å². The molecule has 4 aromatic carbocycles. The Bertz CT molecular complexity index is 1220. The monoisotopic (exact) mass is 470 g/mol. The van der Waals surface area contributed by atoms with E-state index >= 15 is 0 Å². The van der Waals surface area contributed by atoms with Crippen LogP contribution in [0, 0.1) is 30.8 Å². The lowest BCUT2D eigenvalue weighted by molar-refractivity contribution is 0.195. The zero-order valence-electron chi connectivity index (χ0n) is 19.2. The number of nitrogens with zero attached hydrogens (tertiary/aromatic N) is 1. The predicted molar refractivity (Wildman–Crippen MR) is 145 cm³/mol. The second kappa shape index (κ2) is 10.2. The van der Waals surface area contributed by atoms with Gasteiger partial charge in [0, 0.05) is 5.66 Å². The van der Waals surface area contributed by atoms with Gasteiger partial charge < -0.3 is 4.74 Å². The summed E-state index contributed by atoms with van der Waals surface area (Å²) in [4.78, 5) is 5.19. The van der Waals surface area contributed by atoms with E-state index in [2.05, 4.69) is 128 Å². The molecule has 1 heterocycles. The van der Waals surface area contributed by atoms with Gasteiger partial charge in [-0.15, -0.1) is 0 Å². The summed E-state index contributed by atoms with van der Waals surface area (Å²) in [6.45, 7) is 0. The molecule has 35 heavy (non-hydrogen) atoms. The van der Waals surface area contributed by atoms with Crippen molar-refractivity contribution in [2.45, 2.75) is 12.1 Å². The molecule has 5 radical (unpaired) electrons. The largest absolute Gasteiger partial charge is 0.470 e. The predicted octanol–water partition coefficient (Wildman–Crippen LogP) is 6.76. The molecule has 6 rings (SSSR count). The molecule has 0 spiro atoms. The maximum atomic E-state index is 6.68. The maximum absolute atomic E-state index is 6.68. The van der Waals surface area contributed by atoms with Crippen molar-refractivity contribution in [3.8, 4) is 0 Å². The lowest BCUT2D eigenvalue weighted by Gasteiger charge is -2.29. The van der Waals surface area contributed by atoms with Gasteiger partial charge in [0.05, 0.1) is 5.92 Å². The summed E-state index contributed by atoms with van der Waals surface area (Å²) in [7, 11) is -0.744. The molecular weight excluding hydrogens is 445 g/mol. The van der Waals surface area contributed by atoms with Gasteiger partial charge in [0.1, 0.15) is 6.04 Å². The van der Waals surface area contributed by atoms with E-state index in [-0.39, 0.29) is 12.1 Å². The Labute approximate surface area is 209 Å². The Hall–Kier alpha value is -3.22. The van der Waals surface area contributed by atoms with Crippen LogP contribution in [0.1, 0.15) is 23.3 Å². The van der Waals surface area contributed by atoms with Crippen LogP contribution in [0.2, 0.25) is 0 Å². The minimum absolute atomic E-state index is 0.0870. The summed E-state index contributed by atoms with van der Waals surface area (Å²) < 4.78 is 6.68. The number of benzene rings is 4. The molecule has 1 aliphatic carbocycles. The van der Waals surface area contributed by atoms with E-state index < -0.39 is 7.92 Å². The first-order valence-electron chi connectivity index (χ1n) is 11.9. The van der Waals surface area contributed by atoms with E-state index in [9.17, 15) is 0 Å². The minimum Gasteiger partial charge on any atom is -0.470 e. The SMILES string of the molecule is [CH]1[CH][C](C2=N[C@@H](c3ccccc3)[C@H](c3ccccc3)O2)[C](P(c2ccccc2)c2ccccc2)[CH]1. The molecule has 3 heteroatoms. The standard InChI is InChI=1S/C32H25NOP/c1-5-14-24(15-6-1)30-31(25-16-7-2-8-17-25)34-32(33-30)28-22-13-23-29(28)35(26-18-9-3-10-19-26)27-20-11-4-12-21-27/h1-23,30-31H/t30-,31-/m0/s1. The van der Waals surface area contributed by atoms with Gasteiger partial charge in [-0.05, 0) is 48.9 Å². The highest BCUT2D eigenvalue weighted by Gasteiger charge is 2.45. The van der Waals surface area contributed by atoms with Gasteiger partial charge in [0.15, 0.2) is 12.0 Å². The van der Waals surface area contributed by atoms with Crippen LogP contribution in [-0.2, 0) is 4.74 Å². The Balaban J connectivity index is 1.38. The van der Waals surface area contributed by atoms with Gasteiger partial charge in [0.25, 0.3) is 0 Å². The van der Waals surface area contributed by atoms with Crippen molar-refractivity contribution in [3.05, 3.63) is 163 Å². The van der Waals surface area contributed by atoms with Crippen molar-refractivity contribution in [1.29, 1.82) is 0 Å². The smallest absolute Gasteiger partial charge is 0.193 e. The van der Waals surface area contributed by atoms with Gasteiger partial charge in [-0.3, -0.25) is 0 Å². The van der Waals surface area contributed by atoms with Gasteiger partial charge >= 0.3 is 0 Å². The molecule has 0 unspecified atom stereocenters. The number of hydrogen-bond acceptors (Lipinski definition) is 2. The average Bonchev–Trinajstić information content (AvgIpc) is 3.59. The fourth-order valence-corrected chi connectivity index (χ4v) is 7.14. The van der Waals surface area contributed by atoms with E-state index in [1.807, 2.05) is 12.1 Å². The van der Waals surface area contributed by atoms with Crippen molar-refractivity contribution in [2.24, 2.45) is 4.99 Å². The molecule has 4 aromatic rings. The molecule has 1 aliphatic heterocycles.